The molecule has 2 aromatic carbocycles. The van der Waals surface area contributed by atoms with Gasteiger partial charge < -0.3 is 10.2 Å². The van der Waals surface area contributed by atoms with Gasteiger partial charge >= 0.3 is 0 Å². The highest BCUT2D eigenvalue weighted by molar-refractivity contribution is 6.30. The summed E-state index contributed by atoms with van der Waals surface area (Å²) in [6.07, 6.45) is 0. The monoisotopic (exact) mass is 439 g/mol. The Morgan fingerprint density at radius 1 is 1.07 bits per heavy atom. The van der Waals surface area contributed by atoms with Gasteiger partial charge in [-0.25, -0.2) is 4.98 Å². The Balaban J connectivity index is 0.00000140. The highest BCUT2D eigenvalue weighted by atomic mass is 35.5. The minimum Gasteiger partial charge on any atom is -0.439 e. The van der Waals surface area contributed by atoms with Crippen molar-refractivity contribution in [2.75, 3.05) is 13.1 Å². The number of benzene rings is 2. The van der Waals surface area contributed by atoms with E-state index in [0.717, 1.165) is 36.0 Å². The summed E-state index contributed by atoms with van der Waals surface area (Å²) >= 11 is 5.97. The van der Waals surface area contributed by atoms with E-state index in [1.54, 1.807) is 0 Å². The number of aromatic nitrogens is 1. The molecule has 4 rings (SSSR count). The number of aryl methyl sites for hydroxylation is 1. The van der Waals surface area contributed by atoms with Crippen molar-refractivity contribution in [2.45, 2.75) is 25.4 Å². The van der Waals surface area contributed by atoms with Crippen LogP contribution in [0.15, 0.2) is 59.0 Å². The van der Waals surface area contributed by atoms with E-state index in [4.69, 9.17) is 21.8 Å². The van der Waals surface area contributed by atoms with E-state index in [1.807, 2.05) is 37.3 Å². The Bertz CT molecular complexity index is 884. The van der Waals surface area contributed by atoms with E-state index in [9.17, 15) is 0 Å². The molecule has 0 spiro atoms. The fourth-order valence-corrected chi connectivity index (χ4v) is 3.80. The summed E-state index contributed by atoms with van der Waals surface area (Å²) in [5.41, 5.74) is 9.57. The first-order valence-corrected chi connectivity index (χ1v) is 9.23. The molecule has 0 unspecified atom stereocenters. The van der Waals surface area contributed by atoms with Gasteiger partial charge in [-0.3, -0.25) is 4.90 Å². The molecule has 3 aromatic rings. The van der Waals surface area contributed by atoms with Crippen LogP contribution in [0.4, 0.5) is 0 Å². The van der Waals surface area contributed by atoms with Crippen LogP contribution in [0.3, 0.4) is 0 Å². The maximum absolute atomic E-state index is 6.39. The third-order valence-corrected chi connectivity index (χ3v) is 5.23. The van der Waals surface area contributed by atoms with Crippen LogP contribution in [0, 0.1) is 6.92 Å². The SMILES string of the molecule is Cc1nc(CN2C[C@@H](N)[C@H](c3ccccc3)C2)oc1-c1ccc(Cl)cc1.Cl.Cl. The average Bonchev–Trinajstić information content (AvgIpc) is 3.19. The highest BCUT2D eigenvalue weighted by Gasteiger charge is 2.32. The Kier molecular flexibility index (Phi) is 7.93. The fraction of sp³-hybridized carbons (Fsp3) is 0.286. The minimum absolute atomic E-state index is 0. The topological polar surface area (TPSA) is 55.3 Å². The van der Waals surface area contributed by atoms with Crippen molar-refractivity contribution >= 4 is 36.4 Å². The number of nitrogens with zero attached hydrogens (tertiary/aromatic N) is 2. The third kappa shape index (κ3) is 4.88. The van der Waals surface area contributed by atoms with E-state index >= 15 is 0 Å². The van der Waals surface area contributed by atoms with Gasteiger partial charge in [0.2, 0.25) is 5.89 Å². The van der Waals surface area contributed by atoms with Crippen LogP contribution in [0.25, 0.3) is 11.3 Å². The normalized spacial score (nSPS) is 19.1. The number of hydrogen-bond donors (Lipinski definition) is 1. The number of nitrogens with two attached hydrogens (primary N) is 1. The van der Waals surface area contributed by atoms with Crippen LogP contribution in [0.1, 0.15) is 23.1 Å². The Labute approximate surface area is 182 Å². The first kappa shape index (κ1) is 22.7. The summed E-state index contributed by atoms with van der Waals surface area (Å²) in [6.45, 7) is 4.41. The molecule has 7 heteroatoms. The van der Waals surface area contributed by atoms with Crippen LogP contribution in [-0.4, -0.2) is 29.0 Å². The number of likely N-dealkylation sites (tertiary alicyclic amines) is 1. The first-order chi connectivity index (χ1) is 12.6. The standard InChI is InChI=1S/C21H22ClN3O.2ClH/c1-14-21(16-7-9-17(22)10-8-16)26-20(24-14)13-25-11-18(19(23)12-25)15-5-3-2-4-6-15;;/h2-10,18-19H,11-13,23H2,1H3;2*1H/t18-,19+;;/m0../s1. The molecule has 4 nitrogen and oxygen atoms in total. The van der Waals surface area contributed by atoms with Gasteiger partial charge in [0.25, 0.3) is 0 Å². The lowest BCUT2D eigenvalue weighted by Gasteiger charge is -2.14. The van der Waals surface area contributed by atoms with E-state index < -0.39 is 0 Å². The van der Waals surface area contributed by atoms with Crippen LogP contribution in [0.2, 0.25) is 5.02 Å². The number of oxazole rings is 1. The number of halogens is 3. The predicted octanol–water partition coefficient (Wildman–Crippen LogP) is 5.07. The van der Waals surface area contributed by atoms with Crippen molar-refractivity contribution in [1.29, 1.82) is 0 Å². The molecule has 2 atom stereocenters. The number of rotatable bonds is 4. The first-order valence-electron chi connectivity index (χ1n) is 8.85. The van der Waals surface area contributed by atoms with Crippen molar-refractivity contribution in [3.63, 3.8) is 0 Å². The molecule has 150 valence electrons. The van der Waals surface area contributed by atoms with E-state index in [0.29, 0.717) is 17.5 Å². The van der Waals surface area contributed by atoms with E-state index in [2.05, 4.69) is 34.1 Å². The zero-order valence-corrected chi connectivity index (χ0v) is 17.9. The highest BCUT2D eigenvalue weighted by Crippen LogP contribution is 2.29. The molecule has 1 aromatic heterocycles. The van der Waals surface area contributed by atoms with Crippen LogP contribution < -0.4 is 5.73 Å². The molecule has 0 bridgehead atoms. The zero-order chi connectivity index (χ0) is 18.1. The molecule has 1 fully saturated rings. The lowest BCUT2D eigenvalue weighted by atomic mass is 9.95. The van der Waals surface area contributed by atoms with Crippen LogP contribution >= 0.6 is 36.4 Å². The second-order valence-electron chi connectivity index (χ2n) is 6.90. The van der Waals surface area contributed by atoms with Crippen molar-refractivity contribution < 1.29 is 4.42 Å². The van der Waals surface area contributed by atoms with Crippen molar-refractivity contribution in [2.24, 2.45) is 5.73 Å². The van der Waals surface area contributed by atoms with Crippen molar-refractivity contribution in [1.82, 2.24) is 9.88 Å². The lowest BCUT2D eigenvalue weighted by Crippen LogP contribution is -2.28. The Hall–Kier alpha value is -1.56. The summed E-state index contributed by atoms with van der Waals surface area (Å²) in [5, 5.41) is 0.712. The maximum Gasteiger partial charge on any atom is 0.209 e. The van der Waals surface area contributed by atoms with Gasteiger partial charge in [0.05, 0.1) is 12.2 Å². The molecule has 1 saturated heterocycles. The summed E-state index contributed by atoms with van der Waals surface area (Å²) in [6, 6.07) is 18.3. The molecule has 0 amide bonds. The lowest BCUT2D eigenvalue weighted by molar-refractivity contribution is 0.286. The number of hydrogen-bond acceptors (Lipinski definition) is 4. The smallest absolute Gasteiger partial charge is 0.209 e. The Morgan fingerprint density at radius 2 is 1.75 bits per heavy atom. The molecule has 2 N–H and O–H groups in total. The average molecular weight is 441 g/mol. The molecular formula is C21H24Cl3N3O. The second-order valence-corrected chi connectivity index (χ2v) is 7.34. The summed E-state index contributed by atoms with van der Waals surface area (Å²) in [7, 11) is 0. The maximum atomic E-state index is 6.39. The van der Waals surface area contributed by atoms with Gasteiger partial charge in [-0.15, -0.1) is 24.8 Å². The van der Waals surface area contributed by atoms with Crippen LogP contribution in [0.5, 0.6) is 0 Å². The van der Waals surface area contributed by atoms with Gasteiger partial charge in [0.15, 0.2) is 5.76 Å². The summed E-state index contributed by atoms with van der Waals surface area (Å²) in [4.78, 5) is 6.93. The summed E-state index contributed by atoms with van der Waals surface area (Å²) < 4.78 is 6.04. The second kappa shape index (κ2) is 9.77. The predicted molar refractivity (Wildman–Crippen MR) is 119 cm³/mol. The molecule has 0 aliphatic carbocycles. The minimum atomic E-state index is 0. The van der Waals surface area contributed by atoms with Crippen LogP contribution in [-0.2, 0) is 6.54 Å². The molecular weight excluding hydrogens is 417 g/mol. The molecule has 0 radical (unpaired) electrons. The molecule has 1 aliphatic heterocycles. The van der Waals surface area contributed by atoms with Gasteiger partial charge in [-0.05, 0) is 36.8 Å². The molecule has 28 heavy (non-hydrogen) atoms. The third-order valence-electron chi connectivity index (χ3n) is 4.97. The Morgan fingerprint density at radius 3 is 2.43 bits per heavy atom. The molecule has 1 aliphatic rings. The van der Waals surface area contributed by atoms with E-state index in [1.165, 1.54) is 5.56 Å². The molecule has 0 saturated carbocycles. The van der Waals surface area contributed by atoms with Gasteiger partial charge in [0.1, 0.15) is 0 Å². The quantitative estimate of drug-likeness (QED) is 0.615. The van der Waals surface area contributed by atoms with Gasteiger partial charge in [-0.1, -0.05) is 41.9 Å². The zero-order valence-electron chi connectivity index (χ0n) is 15.5. The fourth-order valence-electron chi connectivity index (χ4n) is 3.68. The van der Waals surface area contributed by atoms with E-state index in [-0.39, 0.29) is 30.9 Å². The van der Waals surface area contributed by atoms with Gasteiger partial charge in [0, 0.05) is 35.6 Å². The summed E-state index contributed by atoms with van der Waals surface area (Å²) in [5.74, 6) is 1.89. The van der Waals surface area contributed by atoms with Gasteiger partial charge in [-0.2, -0.15) is 0 Å². The van der Waals surface area contributed by atoms with Crippen molar-refractivity contribution in [3.8, 4) is 11.3 Å². The molecule has 2 heterocycles. The van der Waals surface area contributed by atoms with Crippen molar-refractivity contribution in [3.05, 3.63) is 76.8 Å². The largest absolute Gasteiger partial charge is 0.439 e.